The van der Waals surface area contributed by atoms with Gasteiger partial charge in [0.15, 0.2) is 0 Å². The summed E-state index contributed by atoms with van der Waals surface area (Å²) in [4.78, 5) is 0. The van der Waals surface area contributed by atoms with E-state index < -0.39 is 0 Å². The van der Waals surface area contributed by atoms with E-state index in [-0.39, 0.29) is 0 Å². The van der Waals surface area contributed by atoms with E-state index in [1.165, 1.54) is 24.0 Å². The quantitative estimate of drug-likeness (QED) is 0.764. The van der Waals surface area contributed by atoms with Crippen LogP contribution in [0.3, 0.4) is 0 Å². The average molecular weight is 221 g/mol. The Bertz CT molecular complexity index is 293. The number of rotatable bonds is 7. The van der Waals surface area contributed by atoms with Gasteiger partial charge in [0.2, 0.25) is 0 Å². The van der Waals surface area contributed by atoms with Crippen molar-refractivity contribution in [3.63, 3.8) is 0 Å². The van der Waals surface area contributed by atoms with Crippen LogP contribution in [0, 0.1) is 6.92 Å². The monoisotopic (exact) mass is 221 g/mol. The summed E-state index contributed by atoms with van der Waals surface area (Å²) in [7, 11) is 1.76. The zero-order chi connectivity index (χ0) is 11.8. The van der Waals surface area contributed by atoms with Crippen molar-refractivity contribution in [2.24, 2.45) is 0 Å². The molecule has 0 aliphatic carbocycles. The third-order valence-electron chi connectivity index (χ3n) is 2.85. The highest BCUT2D eigenvalue weighted by Gasteiger charge is 2.06. The molecule has 1 aromatic rings. The largest absolute Gasteiger partial charge is 0.383 e. The summed E-state index contributed by atoms with van der Waals surface area (Å²) in [5.74, 6) is 0. The van der Waals surface area contributed by atoms with Crippen LogP contribution < -0.4 is 5.32 Å². The number of hydrogen-bond acceptors (Lipinski definition) is 2. The highest BCUT2D eigenvalue weighted by molar-refractivity contribution is 5.25. The molecule has 1 N–H and O–H groups in total. The maximum atomic E-state index is 5.21. The van der Waals surface area contributed by atoms with Crippen LogP contribution in [0.1, 0.15) is 30.9 Å². The van der Waals surface area contributed by atoms with Crippen molar-refractivity contribution in [1.29, 1.82) is 0 Å². The molecular formula is C14H23NO. The summed E-state index contributed by atoms with van der Waals surface area (Å²) in [6.45, 7) is 6.08. The molecule has 0 saturated carbocycles. The highest BCUT2D eigenvalue weighted by Crippen LogP contribution is 2.07. The molecule has 0 radical (unpaired) electrons. The maximum Gasteiger partial charge on any atom is 0.0615 e. The SMILES string of the molecule is CCCC(COC)NCc1ccccc1C. The molecule has 16 heavy (non-hydrogen) atoms. The fourth-order valence-corrected chi connectivity index (χ4v) is 1.86. The Kier molecular flexibility index (Phi) is 6.12. The number of ether oxygens (including phenoxy) is 1. The number of benzene rings is 1. The van der Waals surface area contributed by atoms with Crippen LogP contribution in [-0.4, -0.2) is 19.8 Å². The lowest BCUT2D eigenvalue weighted by molar-refractivity contribution is 0.161. The minimum atomic E-state index is 0.467. The van der Waals surface area contributed by atoms with Gasteiger partial charge in [-0.05, 0) is 24.5 Å². The molecule has 0 heterocycles. The number of hydrogen-bond donors (Lipinski definition) is 1. The first-order chi connectivity index (χ1) is 7.77. The smallest absolute Gasteiger partial charge is 0.0615 e. The second kappa shape index (κ2) is 7.42. The predicted octanol–water partition coefficient (Wildman–Crippen LogP) is 2.90. The second-order valence-corrected chi connectivity index (χ2v) is 4.25. The fraction of sp³-hybridized carbons (Fsp3) is 0.571. The van der Waals surface area contributed by atoms with Crippen LogP contribution >= 0.6 is 0 Å². The van der Waals surface area contributed by atoms with Crippen molar-refractivity contribution in [2.75, 3.05) is 13.7 Å². The van der Waals surface area contributed by atoms with E-state index in [1.54, 1.807) is 7.11 Å². The molecule has 0 amide bonds. The zero-order valence-electron chi connectivity index (χ0n) is 10.6. The van der Waals surface area contributed by atoms with Crippen molar-refractivity contribution in [1.82, 2.24) is 5.32 Å². The third-order valence-corrected chi connectivity index (χ3v) is 2.85. The molecule has 1 aromatic carbocycles. The van der Waals surface area contributed by atoms with Crippen molar-refractivity contribution in [3.05, 3.63) is 35.4 Å². The zero-order valence-corrected chi connectivity index (χ0v) is 10.6. The lowest BCUT2D eigenvalue weighted by Gasteiger charge is -2.17. The summed E-state index contributed by atoms with van der Waals surface area (Å²) in [5, 5.41) is 3.55. The molecule has 0 aliphatic rings. The van der Waals surface area contributed by atoms with Crippen LogP contribution in [-0.2, 0) is 11.3 Å². The molecule has 0 fully saturated rings. The van der Waals surface area contributed by atoms with Gasteiger partial charge in [0.25, 0.3) is 0 Å². The Morgan fingerprint density at radius 1 is 1.31 bits per heavy atom. The molecule has 2 heteroatoms. The van der Waals surface area contributed by atoms with Crippen LogP contribution in [0.25, 0.3) is 0 Å². The first kappa shape index (κ1) is 13.2. The van der Waals surface area contributed by atoms with E-state index in [2.05, 4.69) is 43.4 Å². The van der Waals surface area contributed by atoms with E-state index in [1.807, 2.05) is 0 Å². The molecule has 2 nitrogen and oxygen atoms in total. The van der Waals surface area contributed by atoms with Gasteiger partial charge in [0.05, 0.1) is 6.61 Å². The van der Waals surface area contributed by atoms with Gasteiger partial charge in [0.1, 0.15) is 0 Å². The first-order valence-corrected chi connectivity index (χ1v) is 6.04. The van der Waals surface area contributed by atoms with E-state index in [0.29, 0.717) is 6.04 Å². The lowest BCUT2D eigenvalue weighted by atomic mass is 10.1. The fourth-order valence-electron chi connectivity index (χ4n) is 1.86. The summed E-state index contributed by atoms with van der Waals surface area (Å²) in [6, 6.07) is 8.97. The van der Waals surface area contributed by atoms with Gasteiger partial charge in [-0.1, -0.05) is 37.6 Å². The van der Waals surface area contributed by atoms with Gasteiger partial charge in [-0.3, -0.25) is 0 Å². The van der Waals surface area contributed by atoms with Crippen LogP contribution in [0.4, 0.5) is 0 Å². The molecule has 0 saturated heterocycles. The van der Waals surface area contributed by atoms with Gasteiger partial charge >= 0.3 is 0 Å². The number of nitrogens with one attached hydrogen (secondary N) is 1. The second-order valence-electron chi connectivity index (χ2n) is 4.25. The number of methoxy groups -OCH3 is 1. The van der Waals surface area contributed by atoms with Gasteiger partial charge in [-0.25, -0.2) is 0 Å². The molecule has 1 unspecified atom stereocenters. The lowest BCUT2D eigenvalue weighted by Crippen LogP contribution is -2.32. The molecule has 90 valence electrons. The van der Waals surface area contributed by atoms with Gasteiger partial charge in [-0.15, -0.1) is 0 Å². The molecule has 1 rings (SSSR count). The van der Waals surface area contributed by atoms with Crippen LogP contribution in [0.5, 0.6) is 0 Å². The van der Waals surface area contributed by atoms with E-state index >= 15 is 0 Å². The summed E-state index contributed by atoms with van der Waals surface area (Å²) < 4.78 is 5.21. The van der Waals surface area contributed by atoms with Gasteiger partial charge < -0.3 is 10.1 Å². The minimum absolute atomic E-state index is 0.467. The summed E-state index contributed by atoms with van der Waals surface area (Å²) in [5.41, 5.74) is 2.72. The minimum Gasteiger partial charge on any atom is -0.383 e. The molecular weight excluding hydrogens is 198 g/mol. The Labute approximate surface area is 99.0 Å². The first-order valence-electron chi connectivity index (χ1n) is 6.04. The van der Waals surface area contributed by atoms with Crippen LogP contribution in [0.15, 0.2) is 24.3 Å². The Hall–Kier alpha value is -0.860. The molecule has 0 aromatic heterocycles. The molecule has 1 atom stereocenters. The van der Waals surface area contributed by atoms with E-state index in [0.717, 1.165) is 13.2 Å². The Morgan fingerprint density at radius 2 is 2.06 bits per heavy atom. The van der Waals surface area contributed by atoms with Crippen molar-refractivity contribution in [2.45, 2.75) is 39.3 Å². The summed E-state index contributed by atoms with van der Waals surface area (Å²) >= 11 is 0. The molecule has 0 spiro atoms. The maximum absolute atomic E-state index is 5.21. The standard InChI is InChI=1S/C14H23NO/c1-4-7-14(11-16-3)15-10-13-9-6-5-8-12(13)2/h5-6,8-9,14-15H,4,7,10-11H2,1-3H3. The van der Waals surface area contributed by atoms with E-state index in [4.69, 9.17) is 4.74 Å². The average Bonchev–Trinajstić information content (AvgIpc) is 2.28. The predicted molar refractivity (Wildman–Crippen MR) is 68.6 cm³/mol. The third kappa shape index (κ3) is 4.33. The van der Waals surface area contributed by atoms with Gasteiger partial charge in [-0.2, -0.15) is 0 Å². The molecule has 0 bridgehead atoms. The Morgan fingerprint density at radius 3 is 2.69 bits per heavy atom. The summed E-state index contributed by atoms with van der Waals surface area (Å²) in [6.07, 6.45) is 2.36. The Balaban J connectivity index is 2.45. The topological polar surface area (TPSA) is 21.3 Å². The normalized spacial score (nSPS) is 12.7. The van der Waals surface area contributed by atoms with Gasteiger partial charge in [0, 0.05) is 19.7 Å². The highest BCUT2D eigenvalue weighted by atomic mass is 16.5. The van der Waals surface area contributed by atoms with Crippen molar-refractivity contribution < 1.29 is 4.74 Å². The van der Waals surface area contributed by atoms with Crippen molar-refractivity contribution in [3.8, 4) is 0 Å². The molecule has 0 aliphatic heterocycles. The number of aryl methyl sites for hydroxylation is 1. The van der Waals surface area contributed by atoms with Crippen molar-refractivity contribution >= 4 is 0 Å². The van der Waals surface area contributed by atoms with E-state index in [9.17, 15) is 0 Å². The van der Waals surface area contributed by atoms with Crippen LogP contribution in [0.2, 0.25) is 0 Å².